The van der Waals surface area contributed by atoms with Crippen LogP contribution in [-0.2, 0) is 4.79 Å². The van der Waals surface area contributed by atoms with Crippen molar-refractivity contribution in [3.63, 3.8) is 0 Å². The van der Waals surface area contributed by atoms with Crippen LogP contribution in [0.15, 0.2) is 42.5 Å². The summed E-state index contributed by atoms with van der Waals surface area (Å²) < 4.78 is 10.6. The van der Waals surface area contributed by atoms with Crippen molar-refractivity contribution in [1.29, 1.82) is 0 Å². The fourth-order valence-corrected chi connectivity index (χ4v) is 3.42. The van der Waals surface area contributed by atoms with Crippen LogP contribution >= 0.6 is 11.6 Å². The molecule has 0 saturated carbocycles. The van der Waals surface area contributed by atoms with E-state index in [0.29, 0.717) is 40.9 Å². The van der Waals surface area contributed by atoms with E-state index in [1.54, 1.807) is 42.5 Å². The number of urea groups is 1. The molecule has 28 heavy (non-hydrogen) atoms. The number of para-hydroxylation sites is 1. The molecule has 1 fully saturated rings. The second-order valence-corrected chi connectivity index (χ2v) is 6.76. The molecular weight excluding hydrogens is 382 g/mol. The highest BCUT2D eigenvalue weighted by Gasteiger charge is 2.35. The zero-order valence-corrected chi connectivity index (χ0v) is 16.5. The monoisotopic (exact) mass is 403 g/mol. The van der Waals surface area contributed by atoms with Crippen LogP contribution in [0.4, 0.5) is 16.2 Å². The zero-order valence-electron chi connectivity index (χ0n) is 15.7. The van der Waals surface area contributed by atoms with Crippen LogP contribution in [0.1, 0.15) is 12.8 Å². The number of methoxy groups -OCH3 is 2. The summed E-state index contributed by atoms with van der Waals surface area (Å²) in [5.41, 5.74) is 1.02. The summed E-state index contributed by atoms with van der Waals surface area (Å²) in [4.78, 5) is 27.1. The van der Waals surface area contributed by atoms with Crippen molar-refractivity contribution in [2.75, 3.05) is 31.4 Å². The third-order valence-electron chi connectivity index (χ3n) is 4.57. The molecule has 7 nitrogen and oxygen atoms in total. The molecule has 0 bridgehead atoms. The quantitative estimate of drug-likeness (QED) is 0.791. The van der Waals surface area contributed by atoms with Gasteiger partial charge in [0.1, 0.15) is 23.2 Å². The molecule has 0 aliphatic carbocycles. The molecule has 2 aromatic carbocycles. The van der Waals surface area contributed by atoms with E-state index in [9.17, 15) is 9.59 Å². The van der Waals surface area contributed by atoms with Gasteiger partial charge in [0.25, 0.3) is 0 Å². The van der Waals surface area contributed by atoms with Crippen LogP contribution in [0.2, 0.25) is 5.02 Å². The van der Waals surface area contributed by atoms with Crippen LogP contribution in [-0.4, -0.2) is 43.6 Å². The lowest BCUT2D eigenvalue weighted by Gasteiger charge is -2.25. The second-order valence-electron chi connectivity index (χ2n) is 6.32. The number of carbonyl (C=O) groups excluding carboxylic acids is 2. The van der Waals surface area contributed by atoms with Crippen molar-refractivity contribution in [2.45, 2.75) is 18.9 Å². The Balaban J connectivity index is 1.74. The van der Waals surface area contributed by atoms with Gasteiger partial charge < -0.3 is 25.0 Å². The lowest BCUT2D eigenvalue weighted by molar-refractivity contribution is -0.119. The summed E-state index contributed by atoms with van der Waals surface area (Å²) in [6.45, 7) is 0.494. The summed E-state index contributed by atoms with van der Waals surface area (Å²) in [6.07, 6.45) is 1.32. The zero-order chi connectivity index (χ0) is 20.1. The van der Waals surface area contributed by atoms with Gasteiger partial charge in [-0.2, -0.15) is 0 Å². The summed E-state index contributed by atoms with van der Waals surface area (Å²) in [5, 5.41) is 6.17. The largest absolute Gasteiger partial charge is 0.494 e. The number of anilines is 2. The van der Waals surface area contributed by atoms with Crippen molar-refractivity contribution >= 4 is 34.9 Å². The molecule has 3 amide bonds. The molecule has 1 aliphatic heterocycles. The highest BCUT2D eigenvalue weighted by Crippen LogP contribution is 2.35. The minimum atomic E-state index is -0.589. The molecule has 148 valence electrons. The number of carbonyl (C=O) groups is 2. The van der Waals surface area contributed by atoms with Gasteiger partial charge in [-0.1, -0.05) is 23.7 Å². The lowest BCUT2D eigenvalue weighted by Crippen LogP contribution is -2.45. The number of rotatable bonds is 5. The molecule has 0 spiro atoms. The molecule has 1 heterocycles. The van der Waals surface area contributed by atoms with E-state index >= 15 is 0 Å². The summed E-state index contributed by atoms with van der Waals surface area (Å²) in [6, 6.07) is 11.2. The molecule has 1 saturated heterocycles. The normalized spacial score (nSPS) is 15.8. The van der Waals surface area contributed by atoms with Crippen LogP contribution in [0.5, 0.6) is 11.5 Å². The van der Waals surface area contributed by atoms with E-state index in [1.165, 1.54) is 19.1 Å². The second kappa shape index (κ2) is 8.84. The highest BCUT2D eigenvalue weighted by molar-refractivity contribution is 6.30. The molecule has 0 aromatic heterocycles. The first kappa shape index (κ1) is 19.8. The molecular formula is C20H22ClN3O4. The van der Waals surface area contributed by atoms with Crippen molar-refractivity contribution < 1.29 is 19.1 Å². The number of benzene rings is 2. The van der Waals surface area contributed by atoms with Crippen molar-refractivity contribution in [3.8, 4) is 11.5 Å². The maximum absolute atomic E-state index is 12.9. The van der Waals surface area contributed by atoms with Gasteiger partial charge in [0.15, 0.2) is 0 Å². The van der Waals surface area contributed by atoms with Gasteiger partial charge >= 0.3 is 6.03 Å². The van der Waals surface area contributed by atoms with Crippen LogP contribution in [0.3, 0.4) is 0 Å². The molecule has 0 radical (unpaired) electrons. The topological polar surface area (TPSA) is 79.9 Å². The molecule has 8 heteroatoms. The van der Waals surface area contributed by atoms with Gasteiger partial charge in [-0.3, -0.25) is 4.79 Å². The maximum atomic E-state index is 12.9. The highest BCUT2D eigenvalue weighted by atomic mass is 35.5. The predicted molar refractivity (Wildman–Crippen MR) is 108 cm³/mol. The Kier molecular flexibility index (Phi) is 6.26. The summed E-state index contributed by atoms with van der Waals surface area (Å²) in [7, 11) is 3.04. The predicted octanol–water partition coefficient (Wildman–Crippen LogP) is 3.99. The molecule has 2 aromatic rings. The van der Waals surface area contributed by atoms with Gasteiger partial charge in [-0.25, -0.2) is 4.79 Å². The maximum Gasteiger partial charge on any atom is 0.322 e. The van der Waals surface area contributed by atoms with Crippen LogP contribution in [0.25, 0.3) is 0 Å². The van der Waals surface area contributed by atoms with E-state index in [4.69, 9.17) is 21.1 Å². The molecule has 0 unspecified atom stereocenters. The number of halogens is 1. The Hall–Kier alpha value is -2.93. The number of amides is 3. The Morgan fingerprint density at radius 2 is 1.75 bits per heavy atom. The van der Waals surface area contributed by atoms with E-state index in [-0.39, 0.29) is 11.9 Å². The fourth-order valence-electron chi connectivity index (χ4n) is 3.22. The minimum Gasteiger partial charge on any atom is -0.494 e. The van der Waals surface area contributed by atoms with Crippen molar-refractivity contribution in [1.82, 2.24) is 4.90 Å². The first-order valence-corrected chi connectivity index (χ1v) is 9.26. The van der Waals surface area contributed by atoms with Gasteiger partial charge in [0.2, 0.25) is 5.91 Å². The summed E-state index contributed by atoms with van der Waals surface area (Å²) in [5.74, 6) is 0.683. The number of likely N-dealkylation sites (tertiary alicyclic amines) is 1. The Labute approximate surface area is 168 Å². The van der Waals surface area contributed by atoms with E-state index in [1.807, 2.05) is 0 Å². The van der Waals surface area contributed by atoms with Gasteiger partial charge in [-0.15, -0.1) is 0 Å². The third-order valence-corrected chi connectivity index (χ3v) is 4.80. The van der Waals surface area contributed by atoms with Gasteiger partial charge in [0.05, 0.1) is 14.2 Å². The number of hydrogen-bond acceptors (Lipinski definition) is 4. The average Bonchev–Trinajstić information content (AvgIpc) is 3.18. The number of hydrogen-bond donors (Lipinski definition) is 2. The Bertz CT molecular complexity index is 852. The lowest BCUT2D eigenvalue weighted by atomic mass is 10.2. The molecule has 1 aliphatic rings. The molecule has 2 N–H and O–H groups in total. The Morgan fingerprint density at radius 1 is 1.07 bits per heavy atom. The fraction of sp³-hybridized carbons (Fsp3) is 0.300. The van der Waals surface area contributed by atoms with E-state index in [0.717, 1.165) is 6.42 Å². The molecule has 3 rings (SSSR count). The number of nitrogens with zero attached hydrogens (tertiary/aromatic N) is 1. The van der Waals surface area contributed by atoms with E-state index in [2.05, 4.69) is 10.6 Å². The average molecular weight is 404 g/mol. The van der Waals surface area contributed by atoms with Gasteiger partial charge in [-0.05, 0) is 43.2 Å². The van der Waals surface area contributed by atoms with Crippen molar-refractivity contribution in [3.05, 3.63) is 47.5 Å². The summed E-state index contributed by atoms with van der Waals surface area (Å²) >= 11 is 5.96. The van der Waals surface area contributed by atoms with E-state index < -0.39 is 6.04 Å². The van der Waals surface area contributed by atoms with Gasteiger partial charge in [0, 0.05) is 17.3 Å². The number of nitrogens with one attached hydrogen (secondary N) is 2. The minimum absolute atomic E-state index is 0.290. The smallest absolute Gasteiger partial charge is 0.322 e. The Morgan fingerprint density at radius 3 is 2.39 bits per heavy atom. The van der Waals surface area contributed by atoms with Crippen molar-refractivity contribution in [2.24, 2.45) is 0 Å². The third kappa shape index (κ3) is 4.31. The van der Waals surface area contributed by atoms with Crippen LogP contribution in [0, 0.1) is 0 Å². The SMILES string of the molecule is COc1cccc(OC)c1NC(=O)[C@H]1CCCN1C(=O)Nc1cccc(Cl)c1. The first-order valence-electron chi connectivity index (χ1n) is 8.88. The van der Waals surface area contributed by atoms with Crippen LogP contribution < -0.4 is 20.1 Å². The molecule has 1 atom stereocenters. The standard InChI is InChI=1S/C20H22ClN3O4/c1-27-16-9-4-10-17(28-2)18(16)23-19(25)15-8-5-11-24(15)20(26)22-14-7-3-6-13(21)12-14/h3-4,6-7,9-10,12,15H,5,8,11H2,1-2H3,(H,22,26)(H,23,25)/t15-/m1/s1. The number of ether oxygens (including phenoxy) is 2. The first-order chi connectivity index (χ1) is 13.5.